The van der Waals surface area contributed by atoms with E-state index in [-0.39, 0.29) is 0 Å². The van der Waals surface area contributed by atoms with Crippen molar-refractivity contribution in [3.8, 4) is 0 Å². The topological polar surface area (TPSA) is 119 Å². The Morgan fingerprint density at radius 2 is 1.95 bits per heavy atom. The number of ether oxygens (including phenoxy) is 1. The van der Waals surface area contributed by atoms with Crippen LogP contribution in [-0.4, -0.2) is 51.7 Å². The fourth-order valence-corrected chi connectivity index (χ4v) is 3.21. The van der Waals surface area contributed by atoms with Crippen LogP contribution in [-0.2, 0) is 4.74 Å². The average molecular weight is 311 g/mol. The SMILES string of the molecule is Cc1ccc(SC2O[C@H](CO)[C@@H](O)[C@H](O)[C@H]2N=[N+]=[N-])cc1. The first-order valence-electron chi connectivity index (χ1n) is 6.47. The highest BCUT2D eigenvalue weighted by Gasteiger charge is 2.44. The summed E-state index contributed by atoms with van der Waals surface area (Å²) in [5, 5.41) is 32.6. The number of aliphatic hydroxyl groups excluding tert-OH is 3. The minimum Gasteiger partial charge on any atom is -0.394 e. The third-order valence-corrected chi connectivity index (χ3v) is 4.47. The minimum absolute atomic E-state index is 0.424. The molecule has 0 spiro atoms. The van der Waals surface area contributed by atoms with Crippen LogP contribution in [0.2, 0.25) is 0 Å². The van der Waals surface area contributed by atoms with Gasteiger partial charge >= 0.3 is 0 Å². The summed E-state index contributed by atoms with van der Waals surface area (Å²) in [4.78, 5) is 3.58. The number of hydrogen-bond acceptors (Lipinski definition) is 6. The zero-order chi connectivity index (χ0) is 15.4. The van der Waals surface area contributed by atoms with Crippen LogP contribution in [0.25, 0.3) is 10.4 Å². The van der Waals surface area contributed by atoms with Crippen LogP contribution in [0, 0.1) is 6.92 Å². The standard InChI is InChI=1S/C13H17N3O4S/c1-7-2-4-8(5-3-7)21-13-10(15-16-14)12(19)11(18)9(6-17)20-13/h2-5,9-13,17-19H,6H2,1H3/t9-,10-,11-,12-,13?/m1/s1. The fraction of sp³-hybridized carbons (Fsp3) is 0.538. The molecule has 114 valence electrons. The predicted molar refractivity (Wildman–Crippen MR) is 77.7 cm³/mol. The van der Waals surface area contributed by atoms with Gasteiger partial charge in [-0.25, -0.2) is 0 Å². The van der Waals surface area contributed by atoms with Crippen molar-refractivity contribution in [1.29, 1.82) is 0 Å². The Hall–Kier alpha value is -1.28. The van der Waals surface area contributed by atoms with Gasteiger partial charge in [0.15, 0.2) is 0 Å². The van der Waals surface area contributed by atoms with E-state index in [4.69, 9.17) is 10.3 Å². The molecule has 21 heavy (non-hydrogen) atoms. The highest BCUT2D eigenvalue weighted by Crippen LogP contribution is 2.35. The summed E-state index contributed by atoms with van der Waals surface area (Å²) >= 11 is 1.28. The van der Waals surface area contributed by atoms with E-state index >= 15 is 0 Å². The van der Waals surface area contributed by atoms with Crippen LogP contribution in [0.1, 0.15) is 5.56 Å². The van der Waals surface area contributed by atoms with Crippen molar-refractivity contribution in [3.05, 3.63) is 40.3 Å². The number of thioether (sulfide) groups is 1. The summed E-state index contributed by atoms with van der Waals surface area (Å²) in [5.41, 5.74) is 9.05. The first-order valence-corrected chi connectivity index (χ1v) is 7.34. The second kappa shape index (κ2) is 7.13. The van der Waals surface area contributed by atoms with Crippen molar-refractivity contribution in [1.82, 2.24) is 0 Å². The summed E-state index contributed by atoms with van der Waals surface area (Å²) in [5.74, 6) is 0. The number of rotatable bonds is 4. The Bertz CT molecular complexity index is 521. The van der Waals surface area contributed by atoms with Gasteiger partial charge in [-0.2, -0.15) is 0 Å². The Balaban J connectivity index is 2.20. The maximum atomic E-state index is 10.0. The molecule has 7 nitrogen and oxygen atoms in total. The molecule has 5 atom stereocenters. The zero-order valence-corrected chi connectivity index (χ0v) is 12.2. The summed E-state index contributed by atoms with van der Waals surface area (Å²) in [6.07, 6.45) is -3.48. The van der Waals surface area contributed by atoms with E-state index in [0.29, 0.717) is 0 Å². The van der Waals surface area contributed by atoms with E-state index in [1.165, 1.54) is 11.8 Å². The Kier molecular flexibility index (Phi) is 5.46. The molecule has 0 aromatic heterocycles. The summed E-state index contributed by atoms with van der Waals surface area (Å²) in [6, 6.07) is 6.72. The van der Waals surface area contributed by atoms with Crippen molar-refractivity contribution >= 4 is 11.8 Å². The maximum Gasteiger partial charge on any atom is 0.119 e. The second-order valence-electron chi connectivity index (χ2n) is 4.83. The Morgan fingerprint density at radius 1 is 1.29 bits per heavy atom. The molecular formula is C13H17N3O4S. The molecule has 8 heteroatoms. The smallest absolute Gasteiger partial charge is 0.119 e. The molecule has 1 saturated heterocycles. The maximum absolute atomic E-state index is 10.0. The van der Waals surface area contributed by atoms with Gasteiger partial charge in [-0.15, -0.1) is 0 Å². The first-order chi connectivity index (χ1) is 10.1. The van der Waals surface area contributed by atoms with E-state index in [0.717, 1.165) is 10.5 Å². The molecule has 0 bridgehead atoms. The van der Waals surface area contributed by atoms with Gasteiger partial charge in [0.25, 0.3) is 0 Å². The Morgan fingerprint density at radius 3 is 2.52 bits per heavy atom. The van der Waals surface area contributed by atoms with E-state index in [2.05, 4.69) is 10.0 Å². The first kappa shape index (κ1) is 16.1. The van der Waals surface area contributed by atoms with Crippen LogP contribution < -0.4 is 0 Å². The largest absolute Gasteiger partial charge is 0.394 e. The molecule has 0 aliphatic carbocycles. The van der Waals surface area contributed by atoms with Crippen molar-refractivity contribution in [2.45, 2.75) is 41.6 Å². The quantitative estimate of drug-likeness (QED) is 0.438. The zero-order valence-electron chi connectivity index (χ0n) is 11.4. The molecule has 1 aliphatic heterocycles. The van der Waals surface area contributed by atoms with Gasteiger partial charge < -0.3 is 20.1 Å². The second-order valence-corrected chi connectivity index (χ2v) is 6.00. The van der Waals surface area contributed by atoms with Crippen LogP contribution >= 0.6 is 11.8 Å². The molecule has 3 N–H and O–H groups in total. The Labute approximate surface area is 126 Å². The molecule has 1 heterocycles. The molecule has 0 radical (unpaired) electrons. The summed E-state index contributed by atoms with van der Waals surface area (Å²) in [7, 11) is 0. The van der Waals surface area contributed by atoms with Crippen LogP contribution in [0.5, 0.6) is 0 Å². The highest BCUT2D eigenvalue weighted by molar-refractivity contribution is 7.99. The molecule has 0 amide bonds. The number of benzene rings is 1. The number of nitrogens with zero attached hydrogens (tertiary/aromatic N) is 3. The summed E-state index contributed by atoms with van der Waals surface area (Å²) < 4.78 is 5.56. The van der Waals surface area contributed by atoms with E-state index in [9.17, 15) is 15.3 Å². The lowest BCUT2D eigenvalue weighted by Crippen LogP contribution is -2.56. The van der Waals surface area contributed by atoms with Gasteiger partial charge in [-0.05, 0) is 24.6 Å². The van der Waals surface area contributed by atoms with Gasteiger partial charge in [-0.1, -0.05) is 34.6 Å². The van der Waals surface area contributed by atoms with Crippen LogP contribution in [0.4, 0.5) is 0 Å². The molecule has 1 aromatic carbocycles. The van der Waals surface area contributed by atoms with Crippen LogP contribution in [0.15, 0.2) is 34.3 Å². The molecule has 0 saturated carbocycles. The third kappa shape index (κ3) is 3.68. The van der Waals surface area contributed by atoms with E-state index in [1.807, 2.05) is 31.2 Å². The van der Waals surface area contributed by atoms with Crippen molar-refractivity contribution in [2.75, 3.05) is 6.61 Å². The molecule has 1 unspecified atom stereocenters. The summed E-state index contributed by atoms with van der Waals surface area (Å²) in [6.45, 7) is 1.54. The highest BCUT2D eigenvalue weighted by atomic mass is 32.2. The van der Waals surface area contributed by atoms with E-state index < -0.39 is 36.4 Å². The molecule has 2 rings (SSSR count). The number of aliphatic hydroxyl groups is 3. The predicted octanol–water partition coefficient (Wildman–Crippen LogP) is 1.21. The molecule has 1 aliphatic rings. The van der Waals surface area contributed by atoms with Crippen molar-refractivity contribution < 1.29 is 20.1 Å². The van der Waals surface area contributed by atoms with Gasteiger partial charge in [-0.3, -0.25) is 0 Å². The molecule has 1 fully saturated rings. The number of aryl methyl sites for hydroxylation is 1. The number of hydrogen-bond donors (Lipinski definition) is 3. The van der Waals surface area contributed by atoms with Gasteiger partial charge in [0.2, 0.25) is 0 Å². The van der Waals surface area contributed by atoms with E-state index in [1.54, 1.807) is 0 Å². The lowest BCUT2D eigenvalue weighted by molar-refractivity contribution is -0.165. The lowest BCUT2D eigenvalue weighted by atomic mass is 9.99. The molecular weight excluding hydrogens is 294 g/mol. The van der Waals surface area contributed by atoms with Gasteiger partial charge in [0.1, 0.15) is 23.7 Å². The monoisotopic (exact) mass is 311 g/mol. The fourth-order valence-electron chi connectivity index (χ4n) is 2.10. The van der Waals surface area contributed by atoms with Gasteiger partial charge in [0.05, 0.1) is 12.7 Å². The number of azide groups is 1. The van der Waals surface area contributed by atoms with Crippen LogP contribution in [0.3, 0.4) is 0 Å². The lowest BCUT2D eigenvalue weighted by Gasteiger charge is -2.40. The van der Waals surface area contributed by atoms with Crippen molar-refractivity contribution in [3.63, 3.8) is 0 Å². The molecule has 1 aromatic rings. The van der Waals surface area contributed by atoms with Crippen molar-refractivity contribution in [2.24, 2.45) is 5.11 Å². The average Bonchev–Trinajstić information content (AvgIpc) is 2.49. The third-order valence-electron chi connectivity index (χ3n) is 3.31. The minimum atomic E-state index is -1.29. The normalized spacial score (nSPS) is 32.5. The van der Waals surface area contributed by atoms with Gasteiger partial charge in [0, 0.05) is 9.81 Å².